The summed E-state index contributed by atoms with van der Waals surface area (Å²) in [7, 11) is 0. The van der Waals surface area contributed by atoms with Gasteiger partial charge in [-0.2, -0.15) is 0 Å². The van der Waals surface area contributed by atoms with Gasteiger partial charge in [-0.3, -0.25) is 4.79 Å². The monoisotopic (exact) mass is 304 g/mol. The van der Waals surface area contributed by atoms with Crippen LogP contribution in [0.1, 0.15) is 19.8 Å². The molecule has 0 saturated heterocycles. The van der Waals surface area contributed by atoms with Gasteiger partial charge in [-0.05, 0) is 18.6 Å². The van der Waals surface area contributed by atoms with E-state index in [-0.39, 0.29) is 12.5 Å². The topological polar surface area (TPSA) is 61.4 Å². The van der Waals surface area contributed by atoms with Crippen molar-refractivity contribution in [2.24, 2.45) is 0 Å². The van der Waals surface area contributed by atoms with Crippen LogP contribution in [-0.4, -0.2) is 30.2 Å². The van der Waals surface area contributed by atoms with Gasteiger partial charge in [0.25, 0.3) is 0 Å². The number of carbonyl (C=O) groups excluding carboxylic acids is 1. The first-order valence-corrected chi connectivity index (χ1v) is 6.92. The molecule has 0 fully saturated rings. The second kappa shape index (κ2) is 8.38. The van der Waals surface area contributed by atoms with Gasteiger partial charge in [0.15, 0.2) is 0 Å². The molecule has 0 bridgehead atoms. The normalized spacial score (nSPS) is 12.2. The number of anilines is 1. The molecule has 0 aliphatic heterocycles. The standard InChI is InChI=1S/C13H18Cl2N2O2/c1-2-4-9(18)7-16-8-12(19)17-13-10(14)5-3-6-11(13)15/h3,5-6,9,16,18H,2,4,7-8H2,1H3,(H,17,19). The lowest BCUT2D eigenvalue weighted by atomic mass is 10.2. The maximum Gasteiger partial charge on any atom is 0.238 e. The summed E-state index contributed by atoms with van der Waals surface area (Å²) in [6.07, 6.45) is 1.19. The van der Waals surface area contributed by atoms with Gasteiger partial charge in [0.05, 0.1) is 28.4 Å². The van der Waals surface area contributed by atoms with Crippen molar-refractivity contribution in [3.63, 3.8) is 0 Å². The number of aliphatic hydroxyl groups excluding tert-OH is 1. The molecular formula is C13H18Cl2N2O2. The third-order valence-electron chi connectivity index (χ3n) is 2.51. The first-order chi connectivity index (χ1) is 9.04. The second-order valence-electron chi connectivity index (χ2n) is 4.22. The van der Waals surface area contributed by atoms with Crippen LogP contribution in [0.3, 0.4) is 0 Å². The highest BCUT2D eigenvalue weighted by molar-refractivity contribution is 6.39. The molecule has 6 heteroatoms. The predicted octanol–water partition coefficient (Wildman–Crippen LogP) is 2.68. The number of aliphatic hydroxyl groups is 1. The molecule has 3 N–H and O–H groups in total. The SMILES string of the molecule is CCCC(O)CNCC(=O)Nc1c(Cl)cccc1Cl. The van der Waals surface area contributed by atoms with Crippen molar-refractivity contribution < 1.29 is 9.90 Å². The summed E-state index contributed by atoms with van der Waals surface area (Å²) < 4.78 is 0. The molecule has 1 atom stereocenters. The van der Waals surface area contributed by atoms with Gasteiger partial charge in [0.2, 0.25) is 5.91 Å². The molecule has 106 valence electrons. The molecule has 19 heavy (non-hydrogen) atoms. The minimum atomic E-state index is -0.429. The Kier molecular flexibility index (Phi) is 7.16. The Morgan fingerprint density at radius 3 is 2.58 bits per heavy atom. The lowest BCUT2D eigenvalue weighted by molar-refractivity contribution is -0.115. The van der Waals surface area contributed by atoms with Crippen LogP contribution in [0.25, 0.3) is 0 Å². The lowest BCUT2D eigenvalue weighted by Gasteiger charge is -2.12. The number of amides is 1. The van der Waals surface area contributed by atoms with Crippen LogP contribution < -0.4 is 10.6 Å². The predicted molar refractivity (Wildman–Crippen MR) is 78.9 cm³/mol. The van der Waals surface area contributed by atoms with Crippen LogP contribution in [0, 0.1) is 0 Å². The van der Waals surface area contributed by atoms with Crippen molar-refractivity contribution >= 4 is 34.8 Å². The van der Waals surface area contributed by atoms with Gasteiger partial charge >= 0.3 is 0 Å². The Morgan fingerprint density at radius 2 is 2.00 bits per heavy atom. The molecular weight excluding hydrogens is 287 g/mol. The fourth-order valence-electron chi connectivity index (χ4n) is 1.59. The van der Waals surface area contributed by atoms with E-state index in [4.69, 9.17) is 23.2 Å². The van der Waals surface area contributed by atoms with Crippen molar-refractivity contribution in [2.45, 2.75) is 25.9 Å². The molecule has 1 aromatic carbocycles. The molecule has 1 aromatic rings. The van der Waals surface area contributed by atoms with E-state index in [1.165, 1.54) is 0 Å². The average Bonchev–Trinajstić information content (AvgIpc) is 2.34. The largest absolute Gasteiger partial charge is 0.392 e. The van der Waals surface area contributed by atoms with Crippen LogP contribution in [0.2, 0.25) is 10.0 Å². The van der Waals surface area contributed by atoms with Gasteiger partial charge in [0.1, 0.15) is 0 Å². The number of hydrogen-bond donors (Lipinski definition) is 3. The molecule has 0 saturated carbocycles. The van der Waals surface area contributed by atoms with E-state index in [0.717, 1.165) is 6.42 Å². The lowest BCUT2D eigenvalue weighted by Crippen LogP contribution is -2.33. The molecule has 0 aliphatic rings. The van der Waals surface area contributed by atoms with Crippen LogP contribution in [0.4, 0.5) is 5.69 Å². The minimum Gasteiger partial charge on any atom is -0.392 e. The first-order valence-electron chi connectivity index (χ1n) is 6.17. The Balaban J connectivity index is 2.39. The van der Waals surface area contributed by atoms with Crippen molar-refractivity contribution in [2.75, 3.05) is 18.4 Å². The zero-order valence-corrected chi connectivity index (χ0v) is 12.3. The number of para-hydroxylation sites is 1. The molecule has 1 amide bonds. The summed E-state index contributed by atoms with van der Waals surface area (Å²) in [5.74, 6) is -0.251. The number of halogens is 2. The maximum atomic E-state index is 11.7. The Hall–Kier alpha value is -0.810. The van der Waals surface area contributed by atoms with E-state index < -0.39 is 6.10 Å². The molecule has 0 aromatic heterocycles. The summed E-state index contributed by atoms with van der Waals surface area (Å²) in [6.45, 7) is 2.48. The van der Waals surface area contributed by atoms with Crippen molar-refractivity contribution in [1.82, 2.24) is 5.32 Å². The number of rotatable bonds is 7. The highest BCUT2D eigenvalue weighted by Crippen LogP contribution is 2.29. The van der Waals surface area contributed by atoms with Gasteiger partial charge in [-0.15, -0.1) is 0 Å². The maximum absolute atomic E-state index is 11.7. The number of hydrogen-bond acceptors (Lipinski definition) is 3. The minimum absolute atomic E-state index is 0.0995. The van der Waals surface area contributed by atoms with E-state index >= 15 is 0 Å². The first kappa shape index (κ1) is 16.2. The third-order valence-corrected chi connectivity index (χ3v) is 3.14. The molecule has 0 heterocycles. The average molecular weight is 305 g/mol. The van der Waals surface area contributed by atoms with E-state index in [1.54, 1.807) is 18.2 Å². The fourth-order valence-corrected chi connectivity index (χ4v) is 2.08. The van der Waals surface area contributed by atoms with Crippen LogP contribution in [-0.2, 0) is 4.79 Å². The van der Waals surface area contributed by atoms with Gasteiger partial charge in [-0.1, -0.05) is 42.6 Å². The van der Waals surface area contributed by atoms with Crippen molar-refractivity contribution in [3.05, 3.63) is 28.2 Å². The van der Waals surface area contributed by atoms with E-state index in [1.807, 2.05) is 6.92 Å². The zero-order chi connectivity index (χ0) is 14.3. The number of benzene rings is 1. The summed E-state index contributed by atoms with van der Waals surface area (Å²) in [5.41, 5.74) is 0.409. The van der Waals surface area contributed by atoms with Gasteiger partial charge in [-0.25, -0.2) is 0 Å². The smallest absolute Gasteiger partial charge is 0.238 e. The fraction of sp³-hybridized carbons (Fsp3) is 0.462. The highest BCUT2D eigenvalue weighted by atomic mass is 35.5. The molecule has 0 spiro atoms. The van der Waals surface area contributed by atoms with Crippen molar-refractivity contribution in [3.8, 4) is 0 Å². The summed E-state index contributed by atoms with van der Waals surface area (Å²) in [5, 5.41) is 15.8. The van der Waals surface area contributed by atoms with E-state index in [9.17, 15) is 9.90 Å². The van der Waals surface area contributed by atoms with Crippen LogP contribution in [0.15, 0.2) is 18.2 Å². The van der Waals surface area contributed by atoms with Gasteiger partial charge < -0.3 is 15.7 Å². The Morgan fingerprint density at radius 1 is 1.37 bits per heavy atom. The number of nitrogens with one attached hydrogen (secondary N) is 2. The zero-order valence-electron chi connectivity index (χ0n) is 10.7. The molecule has 4 nitrogen and oxygen atoms in total. The number of carbonyl (C=O) groups is 1. The van der Waals surface area contributed by atoms with Crippen LogP contribution >= 0.6 is 23.2 Å². The molecule has 0 radical (unpaired) electrons. The Labute approximate surface area is 123 Å². The Bertz CT molecular complexity index is 407. The molecule has 0 aliphatic carbocycles. The van der Waals surface area contributed by atoms with Crippen LogP contribution in [0.5, 0.6) is 0 Å². The van der Waals surface area contributed by atoms with E-state index in [2.05, 4.69) is 10.6 Å². The summed E-state index contributed by atoms with van der Waals surface area (Å²) in [6, 6.07) is 5.02. The highest BCUT2D eigenvalue weighted by Gasteiger charge is 2.10. The molecule has 1 unspecified atom stereocenters. The van der Waals surface area contributed by atoms with Gasteiger partial charge in [0, 0.05) is 6.54 Å². The van der Waals surface area contributed by atoms with E-state index in [0.29, 0.717) is 28.7 Å². The van der Waals surface area contributed by atoms with Crippen molar-refractivity contribution in [1.29, 1.82) is 0 Å². The third kappa shape index (κ3) is 5.78. The summed E-state index contributed by atoms with van der Waals surface area (Å²) >= 11 is 11.9. The summed E-state index contributed by atoms with van der Waals surface area (Å²) in [4.78, 5) is 11.7. The second-order valence-corrected chi connectivity index (χ2v) is 5.03. The molecule has 1 rings (SSSR count). The quantitative estimate of drug-likeness (QED) is 0.726.